The maximum absolute atomic E-state index is 13.0. The number of rotatable bonds is 9. The van der Waals surface area contributed by atoms with Crippen molar-refractivity contribution in [2.24, 2.45) is 5.92 Å². The van der Waals surface area contributed by atoms with Crippen LogP contribution in [0.4, 0.5) is 13.2 Å². The second-order valence-corrected chi connectivity index (χ2v) is 9.59. The fourth-order valence-electron chi connectivity index (χ4n) is 3.31. The molecule has 0 bridgehead atoms. The SMILES string of the molecule is CCC(C)N(Cc1ccc(OC)c(OS(=O)(=O)c2cccc(C(F)(F)F)c2)c1)C(=O)C1CC1. The van der Waals surface area contributed by atoms with E-state index in [-0.39, 0.29) is 35.9 Å². The van der Waals surface area contributed by atoms with Crippen LogP contribution in [0.3, 0.4) is 0 Å². The number of hydrogen-bond donors (Lipinski definition) is 0. The maximum Gasteiger partial charge on any atom is 0.416 e. The van der Waals surface area contributed by atoms with Crippen molar-refractivity contribution in [3.8, 4) is 11.5 Å². The first-order chi connectivity index (χ1) is 15.5. The van der Waals surface area contributed by atoms with Crippen molar-refractivity contribution < 1.29 is 35.3 Å². The fraction of sp³-hybridized carbons (Fsp3) is 0.435. The van der Waals surface area contributed by atoms with Crippen LogP contribution < -0.4 is 8.92 Å². The molecule has 0 aliphatic heterocycles. The van der Waals surface area contributed by atoms with Gasteiger partial charge in [-0.15, -0.1) is 0 Å². The Bertz CT molecular complexity index is 1110. The van der Waals surface area contributed by atoms with Crippen LogP contribution in [0.25, 0.3) is 0 Å². The summed E-state index contributed by atoms with van der Waals surface area (Å²) in [4.78, 5) is 13.9. The molecule has 0 radical (unpaired) electrons. The van der Waals surface area contributed by atoms with Gasteiger partial charge < -0.3 is 13.8 Å². The first-order valence-electron chi connectivity index (χ1n) is 10.6. The highest BCUT2D eigenvalue weighted by Crippen LogP contribution is 2.35. The summed E-state index contributed by atoms with van der Waals surface area (Å²) in [5.41, 5.74) is -0.491. The molecule has 0 saturated heterocycles. The molecule has 2 aromatic carbocycles. The monoisotopic (exact) mass is 485 g/mol. The molecular weight excluding hydrogens is 459 g/mol. The van der Waals surface area contributed by atoms with Crippen LogP contribution in [0.2, 0.25) is 0 Å². The van der Waals surface area contributed by atoms with Crippen molar-refractivity contribution in [1.29, 1.82) is 0 Å². The zero-order valence-corrected chi connectivity index (χ0v) is 19.4. The molecule has 33 heavy (non-hydrogen) atoms. The Morgan fingerprint density at radius 2 is 1.85 bits per heavy atom. The average molecular weight is 486 g/mol. The van der Waals surface area contributed by atoms with Crippen LogP contribution in [-0.4, -0.2) is 32.4 Å². The Balaban J connectivity index is 1.90. The summed E-state index contributed by atoms with van der Waals surface area (Å²) < 4.78 is 74.9. The number of methoxy groups -OCH3 is 1. The first kappa shape index (κ1) is 24.9. The van der Waals surface area contributed by atoms with E-state index < -0.39 is 26.8 Å². The molecule has 1 amide bonds. The molecule has 0 spiro atoms. The van der Waals surface area contributed by atoms with E-state index in [1.807, 2.05) is 13.8 Å². The Kier molecular flexibility index (Phi) is 7.26. The van der Waals surface area contributed by atoms with E-state index in [2.05, 4.69) is 0 Å². The average Bonchev–Trinajstić information content (AvgIpc) is 3.61. The number of carbonyl (C=O) groups is 1. The number of hydrogen-bond acceptors (Lipinski definition) is 5. The Hall–Kier alpha value is -2.75. The van der Waals surface area contributed by atoms with E-state index >= 15 is 0 Å². The zero-order valence-electron chi connectivity index (χ0n) is 18.6. The molecule has 1 atom stereocenters. The van der Waals surface area contributed by atoms with Gasteiger partial charge in [-0.05, 0) is 62.1 Å². The Morgan fingerprint density at radius 3 is 2.42 bits per heavy atom. The summed E-state index contributed by atoms with van der Waals surface area (Å²) in [6.45, 7) is 4.16. The standard InChI is InChI=1S/C23H26F3NO5S/c1-4-15(2)27(22(28)17-9-10-17)14-16-8-11-20(31-3)21(12-16)32-33(29,30)19-7-5-6-18(13-19)23(24,25)26/h5-8,11-13,15,17H,4,9-10,14H2,1-3H3. The zero-order chi connectivity index (χ0) is 24.4. The summed E-state index contributed by atoms with van der Waals surface area (Å²) in [6, 6.07) is 7.93. The molecule has 1 unspecified atom stereocenters. The number of alkyl halides is 3. The maximum atomic E-state index is 13.0. The minimum Gasteiger partial charge on any atom is -0.493 e. The summed E-state index contributed by atoms with van der Waals surface area (Å²) in [7, 11) is -3.25. The van der Waals surface area contributed by atoms with E-state index in [1.165, 1.54) is 19.2 Å². The third-order valence-electron chi connectivity index (χ3n) is 5.56. The number of amides is 1. The number of benzene rings is 2. The summed E-state index contributed by atoms with van der Waals surface area (Å²) in [6.07, 6.45) is -2.23. The minimum atomic E-state index is -4.70. The second-order valence-electron chi connectivity index (χ2n) is 8.05. The van der Waals surface area contributed by atoms with Crippen molar-refractivity contribution >= 4 is 16.0 Å². The molecule has 180 valence electrons. The van der Waals surface area contributed by atoms with Crippen molar-refractivity contribution in [2.45, 2.75) is 56.8 Å². The number of ether oxygens (including phenoxy) is 1. The fourth-order valence-corrected chi connectivity index (χ4v) is 4.29. The minimum absolute atomic E-state index is 0.0154. The Labute approximate surface area is 191 Å². The van der Waals surface area contributed by atoms with Crippen LogP contribution in [0, 0.1) is 5.92 Å². The van der Waals surface area contributed by atoms with Gasteiger partial charge in [-0.25, -0.2) is 0 Å². The van der Waals surface area contributed by atoms with Gasteiger partial charge in [0.15, 0.2) is 11.5 Å². The van der Waals surface area contributed by atoms with Gasteiger partial charge in [0.2, 0.25) is 5.91 Å². The van der Waals surface area contributed by atoms with Crippen LogP contribution in [0.5, 0.6) is 11.5 Å². The molecular formula is C23H26F3NO5S. The van der Waals surface area contributed by atoms with E-state index in [0.717, 1.165) is 37.5 Å². The first-order valence-corrected chi connectivity index (χ1v) is 12.0. The van der Waals surface area contributed by atoms with Crippen molar-refractivity contribution in [2.75, 3.05) is 7.11 Å². The van der Waals surface area contributed by atoms with E-state index in [9.17, 15) is 26.4 Å². The topological polar surface area (TPSA) is 72.9 Å². The third-order valence-corrected chi connectivity index (χ3v) is 6.79. The van der Waals surface area contributed by atoms with E-state index in [4.69, 9.17) is 8.92 Å². The van der Waals surface area contributed by atoms with Gasteiger partial charge in [0, 0.05) is 18.5 Å². The Morgan fingerprint density at radius 1 is 1.15 bits per heavy atom. The molecule has 2 aromatic rings. The molecule has 3 rings (SSSR count). The van der Waals surface area contributed by atoms with Crippen LogP contribution in [0.15, 0.2) is 47.4 Å². The number of halogens is 3. The largest absolute Gasteiger partial charge is 0.493 e. The van der Waals surface area contributed by atoms with Crippen molar-refractivity contribution in [1.82, 2.24) is 4.90 Å². The summed E-state index contributed by atoms with van der Waals surface area (Å²) in [5.74, 6) is 0.00164. The predicted octanol–water partition coefficient (Wildman–Crippen LogP) is 5.02. The number of nitrogens with zero attached hydrogens (tertiary/aromatic N) is 1. The molecule has 0 heterocycles. The lowest BCUT2D eigenvalue weighted by Crippen LogP contribution is -2.38. The number of carbonyl (C=O) groups excluding carboxylic acids is 1. The van der Waals surface area contributed by atoms with Crippen molar-refractivity contribution in [3.63, 3.8) is 0 Å². The molecule has 10 heteroatoms. The lowest BCUT2D eigenvalue weighted by Gasteiger charge is -2.29. The van der Waals surface area contributed by atoms with Crippen LogP contribution >= 0.6 is 0 Å². The van der Waals surface area contributed by atoms with Gasteiger partial charge in [-0.1, -0.05) is 19.1 Å². The highest BCUT2D eigenvalue weighted by Gasteiger charge is 2.35. The molecule has 0 aromatic heterocycles. The third kappa shape index (κ3) is 5.98. The lowest BCUT2D eigenvalue weighted by atomic mass is 10.1. The van der Waals surface area contributed by atoms with Gasteiger partial charge in [0.05, 0.1) is 12.7 Å². The van der Waals surface area contributed by atoms with Gasteiger partial charge in [-0.2, -0.15) is 21.6 Å². The van der Waals surface area contributed by atoms with Crippen LogP contribution in [0.1, 0.15) is 44.2 Å². The summed E-state index contributed by atoms with van der Waals surface area (Å²) >= 11 is 0. The molecule has 1 saturated carbocycles. The van der Waals surface area contributed by atoms with Gasteiger partial charge in [0.1, 0.15) is 4.90 Å². The lowest BCUT2D eigenvalue weighted by molar-refractivity contribution is -0.138. The predicted molar refractivity (Wildman–Crippen MR) is 115 cm³/mol. The summed E-state index contributed by atoms with van der Waals surface area (Å²) in [5, 5.41) is 0. The second kappa shape index (κ2) is 9.62. The van der Waals surface area contributed by atoms with Gasteiger partial charge in [-0.3, -0.25) is 4.79 Å². The molecule has 6 nitrogen and oxygen atoms in total. The molecule has 1 aliphatic rings. The van der Waals surface area contributed by atoms with Gasteiger partial charge >= 0.3 is 16.3 Å². The highest BCUT2D eigenvalue weighted by molar-refractivity contribution is 7.87. The smallest absolute Gasteiger partial charge is 0.416 e. The highest BCUT2D eigenvalue weighted by atomic mass is 32.2. The van der Waals surface area contributed by atoms with Gasteiger partial charge in [0.25, 0.3) is 0 Å². The normalized spacial score (nSPS) is 15.1. The molecule has 0 N–H and O–H groups in total. The van der Waals surface area contributed by atoms with Crippen LogP contribution in [-0.2, 0) is 27.6 Å². The molecule has 1 fully saturated rings. The quantitative estimate of drug-likeness (QED) is 0.467. The molecule has 1 aliphatic carbocycles. The van der Waals surface area contributed by atoms with Crippen molar-refractivity contribution in [3.05, 3.63) is 53.6 Å². The van der Waals surface area contributed by atoms with E-state index in [0.29, 0.717) is 11.6 Å². The van der Waals surface area contributed by atoms with E-state index in [1.54, 1.807) is 11.0 Å².